The monoisotopic (exact) mass is 341 g/mol. The van der Waals surface area contributed by atoms with Crippen molar-refractivity contribution in [3.05, 3.63) is 47.9 Å². The number of rotatable bonds is 4. The number of pyridine rings is 1. The van der Waals surface area contributed by atoms with Gasteiger partial charge in [0, 0.05) is 61.7 Å². The van der Waals surface area contributed by atoms with Crippen molar-refractivity contribution in [2.75, 3.05) is 24.5 Å². The Bertz CT molecular complexity index is 733. The lowest BCUT2D eigenvalue weighted by atomic mass is 9.83. The maximum absolute atomic E-state index is 13.9. The lowest BCUT2D eigenvalue weighted by molar-refractivity contribution is 0.178. The summed E-state index contributed by atoms with van der Waals surface area (Å²) in [6.07, 6.45) is 8.45. The number of nitrogens with zero attached hydrogens (tertiary/aromatic N) is 5. The van der Waals surface area contributed by atoms with Crippen LogP contribution in [0.3, 0.4) is 0 Å². The van der Waals surface area contributed by atoms with Crippen LogP contribution >= 0.6 is 0 Å². The minimum atomic E-state index is -0.224. The van der Waals surface area contributed by atoms with Gasteiger partial charge in [-0.25, -0.2) is 14.4 Å². The second kappa shape index (κ2) is 7.04. The summed E-state index contributed by atoms with van der Waals surface area (Å²) in [6.45, 7) is 5.51. The molecule has 0 N–H and O–H groups in total. The van der Waals surface area contributed by atoms with Crippen molar-refractivity contribution in [3.8, 4) is 0 Å². The molecule has 25 heavy (non-hydrogen) atoms. The zero-order valence-corrected chi connectivity index (χ0v) is 14.6. The quantitative estimate of drug-likeness (QED) is 0.855. The van der Waals surface area contributed by atoms with Gasteiger partial charge in [0.15, 0.2) is 0 Å². The Morgan fingerprint density at radius 3 is 2.84 bits per heavy atom. The largest absolute Gasteiger partial charge is 0.354 e. The van der Waals surface area contributed by atoms with E-state index in [1.807, 2.05) is 0 Å². The van der Waals surface area contributed by atoms with E-state index < -0.39 is 0 Å². The Morgan fingerprint density at radius 1 is 1.24 bits per heavy atom. The van der Waals surface area contributed by atoms with Gasteiger partial charge < -0.3 is 4.90 Å². The molecule has 5 nitrogen and oxygen atoms in total. The van der Waals surface area contributed by atoms with Gasteiger partial charge in [-0.15, -0.1) is 0 Å². The molecule has 1 saturated carbocycles. The fraction of sp³-hybridized carbons (Fsp3) is 0.526. The molecule has 2 aromatic heterocycles. The summed E-state index contributed by atoms with van der Waals surface area (Å²) in [5.41, 5.74) is 1.90. The summed E-state index contributed by atoms with van der Waals surface area (Å²) < 4.78 is 13.9. The summed E-state index contributed by atoms with van der Waals surface area (Å²) in [4.78, 5) is 17.4. The van der Waals surface area contributed by atoms with Gasteiger partial charge in [0.1, 0.15) is 18.0 Å². The van der Waals surface area contributed by atoms with Crippen molar-refractivity contribution in [1.29, 1.82) is 0 Å². The van der Waals surface area contributed by atoms with E-state index in [9.17, 15) is 4.39 Å². The molecule has 0 bridgehead atoms. The normalized spacial score (nSPS) is 22.0. The van der Waals surface area contributed by atoms with E-state index in [4.69, 9.17) is 0 Å². The third-order valence-electron chi connectivity index (χ3n) is 5.52. The molecule has 1 unspecified atom stereocenters. The zero-order chi connectivity index (χ0) is 17.2. The summed E-state index contributed by atoms with van der Waals surface area (Å²) in [5.74, 6) is 1.42. The standard InChI is InChI=1S/C19H24FN5/c1-14-11-25(19-9-18(22-13-23-19)15-3-2-4-15)8-7-24(14)12-16-5-6-21-10-17(16)20/h5-6,9-10,13-15H,2-4,7-8,11-12H2,1H3. The smallest absolute Gasteiger partial charge is 0.145 e. The first-order chi connectivity index (χ1) is 12.2. The molecule has 1 atom stereocenters. The molecule has 0 aromatic carbocycles. The maximum Gasteiger partial charge on any atom is 0.145 e. The van der Waals surface area contributed by atoms with Gasteiger partial charge >= 0.3 is 0 Å². The van der Waals surface area contributed by atoms with Crippen molar-refractivity contribution in [1.82, 2.24) is 19.9 Å². The molecule has 132 valence electrons. The number of anilines is 1. The number of hydrogen-bond acceptors (Lipinski definition) is 5. The van der Waals surface area contributed by atoms with Crippen LogP contribution in [0.15, 0.2) is 30.9 Å². The molecule has 2 aliphatic rings. The molecule has 6 heteroatoms. The summed E-state index contributed by atoms with van der Waals surface area (Å²) in [5, 5.41) is 0. The van der Waals surface area contributed by atoms with Crippen molar-refractivity contribution in [2.45, 2.75) is 44.7 Å². The number of halogens is 1. The highest BCUT2D eigenvalue weighted by molar-refractivity contribution is 5.41. The predicted octanol–water partition coefficient (Wildman–Crippen LogP) is 2.99. The van der Waals surface area contributed by atoms with Crippen molar-refractivity contribution in [2.24, 2.45) is 0 Å². The van der Waals surface area contributed by atoms with E-state index in [1.165, 1.54) is 31.2 Å². The van der Waals surface area contributed by atoms with Crippen LogP contribution in [-0.2, 0) is 6.54 Å². The second-order valence-corrected chi connectivity index (χ2v) is 7.16. The average Bonchev–Trinajstić information content (AvgIpc) is 2.57. The SMILES string of the molecule is CC1CN(c2cc(C3CCC3)ncn2)CCN1Cc1ccncc1F. The summed E-state index contributed by atoms with van der Waals surface area (Å²) in [7, 11) is 0. The van der Waals surface area contributed by atoms with Crippen LogP contribution in [-0.4, -0.2) is 45.5 Å². The summed E-state index contributed by atoms with van der Waals surface area (Å²) in [6, 6.07) is 4.27. The molecular weight excluding hydrogens is 317 g/mol. The van der Waals surface area contributed by atoms with Crippen LogP contribution < -0.4 is 4.90 Å². The first-order valence-corrected chi connectivity index (χ1v) is 9.10. The third kappa shape index (κ3) is 3.49. The minimum absolute atomic E-state index is 0.224. The Morgan fingerprint density at radius 2 is 2.12 bits per heavy atom. The first kappa shape index (κ1) is 16.4. The van der Waals surface area contributed by atoms with Crippen LogP contribution in [0.2, 0.25) is 0 Å². The van der Waals surface area contributed by atoms with E-state index >= 15 is 0 Å². The average molecular weight is 341 g/mol. The molecular formula is C19H24FN5. The van der Waals surface area contributed by atoms with Gasteiger partial charge in [-0.1, -0.05) is 6.42 Å². The van der Waals surface area contributed by atoms with Crippen LogP contribution in [0.25, 0.3) is 0 Å². The molecule has 0 radical (unpaired) electrons. The zero-order valence-electron chi connectivity index (χ0n) is 14.6. The van der Waals surface area contributed by atoms with E-state index in [1.54, 1.807) is 18.6 Å². The van der Waals surface area contributed by atoms with Gasteiger partial charge in [-0.3, -0.25) is 9.88 Å². The maximum atomic E-state index is 13.9. The molecule has 1 aliphatic carbocycles. The third-order valence-corrected chi connectivity index (χ3v) is 5.52. The van der Waals surface area contributed by atoms with Crippen LogP contribution in [0.4, 0.5) is 10.2 Å². The van der Waals surface area contributed by atoms with E-state index in [0.29, 0.717) is 24.1 Å². The van der Waals surface area contributed by atoms with Crippen LogP contribution in [0.1, 0.15) is 43.4 Å². The molecule has 3 heterocycles. The Kier molecular flexibility index (Phi) is 4.61. The Hall–Kier alpha value is -2.08. The van der Waals surface area contributed by atoms with Crippen LogP contribution in [0.5, 0.6) is 0 Å². The highest BCUT2D eigenvalue weighted by Gasteiger charge is 2.27. The highest BCUT2D eigenvalue weighted by atomic mass is 19.1. The predicted molar refractivity (Wildman–Crippen MR) is 94.9 cm³/mol. The Labute approximate surface area is 147 Å². The molecule has 1 saturated heterocycles. The van der Waals surface area contributed by atoms with E-state index in [2.05, 4.69) is 37.7 Å². The molecule has 1 aliphatic heterocycles. The van der Waals surface area contributed by atoms with Crippen LogP contribution in [0, 0.1) is 5.82 Å². The topological polar surface area (TPSA) is 45.2 Å². The lowest BCUT2D eigenvalue weighted by Crippen LogP contribution is -2.51. The number of aromatic nitrogens is 3. The van der Waals surface area contributed by atoms with Gasteiger partial charge in [0.05, 0.1) is 6.20 Å². The van der Waals surface area contributed by atoms with Gasteiger partial charge in [0.2, 0.25) is 0 Å². The van der Waals surface area contributed by atoms with E-state index in [0.717, 1.165) is 25.5 Å². The molecule has 4 rings (SSSR count). The number of piperazine rings is 1. The second-order valence-electron chi connectivity index (χ2n) is 7.16. The van der Waals surface area contributed by atoms with Gasteiger partial charge in [-0.05, 0) is 25.8 Å². The van der Waals surface area contributed by atoms with Crippen molar-refractivity contribution in [3.63, 3.8) is 0 Å². The van der Waals surface area contributed by atoms with Gasteiger partial charge in [-0.2, -0.15) is 0 Å². The first-order valence-electron chi connectivity index (χ1n) is 9.10. The van der Waals surface area contributed by atoms with Crippen molar-refractivity contribution >= 4 is 5.82 Å². The lowest BCUT2D eigenvalue weighted by Gasteiger charge is -2.40. The fourth-order valence-electron chi connectivity index (χ4n) is 3.65. The fourth-order valence-corrected chi connectivity index (χ4v) is 3.65. The molecule has 0 spiro atoms. The summed E-state index contributed by atoms with van der Waals surface area (Å²) >= 11 is 0. The number of hydrogen-bond donors (Lipinski definition) is 0. The Balaban J connectivity index is 1.42. The van der Waals surface area contributed by atoms with Crippen molar-refractivity contribution < 1.29 is 4.39 Å². The highest BCUT2D eigenvalue weighted by Crippen LogP contribution is 2.36. The van der Waals surface area contributed by atoms with E-state index in [-0.39, 0.29) is 5.82 Å². The molecule has 0 amide bonds. The van der Waals surface area contributed by atoms with Gasteiger partial charge in [0.25, 0.3) is 0 Å². The minimum Gasteiger partial charge on any atom is -0.354 e. The molecule has 2 fully saturated rings. The molecule has 2 aromatic rings.